The average Bonchev–Trinajstić information content (AvgIpc) is 3.48. The Morgan fingerprint density at radius 3 is 2.50 bits per heavy atom. The molecule has 2 bridgehead atoms. The van der Waals surface area contributed by atoms with Crippen LogP contribution in [0.1, 0.15) is 52.1 Å². The highest BCUT2D eigenvalue weighted by molar-refractivity contribution is 5.74. The van der Waals surface area contributed by atoms with Gasteiger partial charge in [0.1, 0.15) is 11.4 Å². The molecule has 2 saturated heterocycles. The molecule has 0 saturated carbocycles. The first-order valence-corrected chi connectivity index (χ1v) is 12.6. The summed E-state index contributed by atoms with van der Waals surface area (Å²) in [5.74, 6) is 0.737. The van der Waals surface area contributed by atoms with E-state index in [0.717, 1.165) is 59.5 Å². The molecule has 190 valence electrons. The van der Waals surface area contributed by atoms with Gasteiger partial charge in [-0.3, -0.25) is 5.10 Å². The molecule has 2 unspecified atom stereocenters. The fraction of sp³-hybridized carbons (Fsp3) is 0.481. The monoisotopic (exact) mass is 490 g/mol. The molecule has 9 heteroatoms. The molecule has 1 aromatic carbocycles. The van der Waals surface area contributed by atoms with E-state index in [9.17, 15) is 4.79 Å². The number of aromatic nitrogens is 4. The van der Waals surface area contributed by atoms with Crippen LogP contribution < -0.4 is 10.1 Å². The summed E-state index contributed by atoms with van der Waals surface area (Å²) in [6.07, 6.45) is 7.40. The van der Waals surface area contributed by atoms with Gasteiger partial charge in [-0.15, -0.1) is 0 Å². The van der Waals surface area contributed by atoms with Crippen LogP contribution in [0.15, 0.2) is 42.7 Å². The summed E-state index contributed by atoms with van der Waals surface area (Å²) >= 11 is 0. The maximum atomic E-state index is 12.7. The van der Waals surface area contributed by atoms with Crippen molar-refractivity contribution >= 4 is 6.09 Å². The second-order valence-electron chi connectivity index (χ2n) is 10.6. The van der Waals surface area contributed by atoms with Crippen molar-refractivity contribution < 1.29 is 14.3 Å². The van der Waals surface area contributed by atoms with Gasteiger partial charge < -0.3 is 19.7 Å². The lowest BCUT2D eigenvalue weighted by Gasteiger charge is -2.39. The number of carbonyl (C=O) groups is 1. The van der Waals surface area contributed by atoms with E-state index in [1.54, 1.807) is 13.3 Å². The summed E-state index contributed by atoms with van der Waals surface area (Å²) in [6.45, 7) is 6.39. The zero-order chi connectivity index (χ0) is 25.3. The summed E-state index contributed by atoms with van der Waals surface area (Å²) in [5, 5.41) is 19.4. The van der Waals surface area contributed by atoms with Crippen LogP contribution in [-0.2, 0) is 11.3 Å². The van der Waals surface area contributed by atoms with E-state index in [1.807, 2.05) is 62.2 Å². The quantitative estimate of drug-likeness (QED) is 0.522. The van der Waals surface area contributed by atoms with Crippen LogP contribution >= 0.6 is 0 Å². The Balaban J connectivity index is 1.19. The van der Waals surface area contributed by atoms with Crippen molar-refractivity contribution in [3.05, 3.63) is 48.4 Å². The van der Waals surface area contributed by atoms with Crippen LogP contribution in [0.25, 0.3) is 22.4 Å². The Morgan fingerprint density at radius 1 is 1.11 bits per heavy atom. The number of nitrogens with zero attached hydrogens (tertiary/aromatic N) is 4. The number of methoxy groups -OCH3 is 1. The van der Waals surface area contributed by atoms with Crippen molar-refractivity contribution in [3.63, 3.8) is 0 Å². The highest BCUT2D eigenvalue weighted by Gasteiger charge is 2.44. The molecule has 2 N–H and O–H groups in total. The van der Waals surface area contributed by atoms with E-state index in [0.29, 0.717) is 12.6 Å². The molecule has 9 nitrogen and oxygen atoms in total. The van der Waals surface area contributed by atoms with E-state index in [1.165, 1.54) is 0 Å². The van der Waals surface area contributed by atoms with Crippen LogP contribution in [0, 0.1) is 0 Å². The first-order valence-electron chi connectivity index (χ1n) is 12.6. The van der Waals surface area contributed by atoms with Crippen LogP contribution in [0.5, 0.6) is 5.75 Å². The van der Waals surface area contributed by atoms with E-state index in [-0.39, 0.29) is 18.2 Å². The maximum absolute atomic E-state index is 12.7. The predicted octanol–water partition coefficient (Wildman–Crippen LogP) is 4.56. The third kappa shape index (κ3) is 5.21. The number of piperidine rings is 1. The number of hydrogen-bond acceptors (Lipinski definition) is 7. The fourth-order valence-electron chi connectivity index (χ4n) is 5.29. The van der Waals surface area contributed by atoms with Gasteiger partial charge in [-0.1, -0.05) is 6.07 Å². The van der Waals surface area contributed by atoms with Crippen molar-refractivity contribution in [1.82, 2.24) is 30.6 Å². The van der Waals surface area contributed by atoms with E-state index < -0.39 is 5.60 Å². The number of benzene rings is 1. The van der Waals surface area contributed by atoms with E-state index in [2.05, 4.69) is 25.7 Å². The molecule has 2 fully saturated rings. The average molecular weight is 491 g/mol. The van der Waals surface area contributed by atoms with Crippen molar-refractivity contribution in [2.24, 2.45) is 0 Å². The largest absolute Gasteiger partial charge is 0.496 e. The lowest BCUT2D eigenvalue weighted by molar-refractivity contribution is 0.00464. The second-order valence-corrected chi connectivity index (χ2v) is 10.6. The van der Waals surface area contributed by atoms with Crippen LogP contribution in [-0.4, -0.2) is 62.2 Å². The lowest BCUT2D eigenvalue weighted by atomic mass is 9.97. The summed E-state index contributed by atoms with van der Waals surface area (Å²) in [6, 6.07) is 10.8. The number of ether oxygens (including phenoxy) is 2. The molecular formula is C27H34N6O3. The Kier molecular flexibility index (Phi) is 6.66. The number of amides is 1. The standard InChI is InChI=1S/C27H34N6O3/c1-27(2,3)36-26(34)33-21-7-8-22(33)13-20(12-21)28-16-19-6-10-24(32-31-19)23-9-5-17(11-25(23)35-4)18-14-29-30-15-18/h5-6,9-11,14-15,20-22,28H,7-8,12-13,16H2,1-4H3,(H,29,30). The minimum Gasteiger partial charge on any atom is -0.496 e. The zero-order valence-electron chi connectivity index (χ0n) is 21.3. The third-order valence-electron chi connectivity index (χ3n) is 6.94. The number of rotatable bonds is 6. The van der Waals surface area contributed by atoms with Gasteiger partial charge in [0.2, 0.25) is 0 Å². The number of aromatic amines is 1. The van der Waals surface area contributed by atoms with Gasteiger partial charge in [0.15, 0.2) is 0 Å². The van der Waals surface area contributed by atoms with Crippen LogP contribution in [0.4, 0.5) is 4.79 Å². The van der Waals surface area contributed by atoms with E-state index >= 15 is 0 Å². The predicted molar refractivity (Wildman–Crippen MR) is 136 cm³/mol. The Hall–Kier alpha value is -3.46. The fourth-order valence-corrected chi connectivity index (χ4v) is 5.29. The van der Waals surface area contributed by atoms with Crippen molar-refractivity contribution in [3.8, 4) is 28.1 Å². The topological polar surface area (TPSA) is 105 Å². The third-order valence-corrected chi connectivity index (χ3v) is 6.94. The Labute approximate surface area is 211 Å². The Bertz CT molecular complexity index is 1180. The molecule has 0 aliphatic carbocycles. The molecule has 2 aliphatic heterocycles. The number of hydrogen-bond donors (Lipinski definition) is 2. The molecule has 36 heavy (non-hydrogen) atoms. The highest BCUT2D eigenvalue weighted by atomic mass is 16.6. The van der Waals surface area contributed by atoms with Crippen molar-refractivity contribution in [2.75, 3.05) is 7.11 Å². The van der Waals surface area contributed by atoms with Crippen molar-refractivity contribution in [1.29, 1.82) is 0 Å². The molecular weight excluding hydrogens is 456 g/mol. The number of H-pyrrole nitrogens is 1. The van der Waals surface area contributed by atoms with Gasteiger partial charge in [0.05, 0.1) is 24.7 Å². The number of nitrogens with one attached hydrogen (secondary N) is 2. The summed E-state index contributed by atoms with van der Waals surface area (Å²) in [7, 11) is 1.66. The molecule has 2 aromatic heterocycles. The zero-order valence-corrected chi connectivity index (χ0v) is 21.3. The minimum absolute atomic E-state index is 0.178. The molecule has 4 heterocycles. The minimum atomic E-state index is -0.470. The molecule has 5 rings (SSSR count). The number of fused-ring (bicyclic) bond motifs is 2. The summed E-state index contributed by atoms with van der Waals surface area (Å²) < 4.78 is 11.3. The van der Waals surface area contributed by atoms with Gasteiger partial charge in [0, 0.05) is 42.0 Å². The molecule has 0 spiro atoms. The molecule has 2 aliphatic rings. The Morgan fingerprint density at radius 2 is 1.89 bits per heavy atom. The molecule has 0 radical (unpaired) electrons. The summed E-state index contributed by atoms with van der Waals surface area (Å²) in [4.78, 5) is 14.7. The van der Waals surface area contributed by atoms with Crippen LogP contribution in [0.2, 0.25) is 0 Å². The van der Waals surface area contributed by atoms with Crippen molar-refractivity contribution in [2.45, 2.75) is 76.7 Å². The number of carbonyl (C=O) groups excluding carboxylic acids is 1. The van der Waals surface area contributed by atoms with Gasteiger partial charge in [-0.05, 0) is 76.3 Å². The normalized spacial score (nSPS) is 21.4. The van der Waals surface area contributed by atoms with Gasteiger partial charge in [0.25, 0.3) is 0 Å². The molecule has 1 amide bonds. The van der Waals surface area contributed by atoms with Gasteiger partial charge in [-0.25, -0.2) is 4.79 Å². The maximum Gasteiger partial charge on any atom is 0.410 e. The molecule has 3 aromatic rings. The smallest absolute Gasteiger partial charge is 0.410 e. The van der Waals surface area contributed by atoms with Gasteiger partial charge in [-0.2, -0.15) is 15.3 Å². The van der Waals surface area contributed by atoms with Gasteiger partial charge >= 0.3 is 6.09 Å². The second kappa shape index (κ2) is 9.89. The SMILES string of the molecule is COc1cc(-c2cn[nH]c2)ccc1-c1ccc(CNC2CC3CCC(C2)N3C(=O)OC(C)(C)C)nn1. The first-order chi connectivity index (χ1) is 17.3. The highest BCUT2D eigenvalue weighted by Crippen LogP contribution is 2.37. The molecule has 2 atom stereocenters. The first kappa shape index (κ1) is 24.2. The summed E-state index contributed by atoms with van der Waals surface area (Å²) in [5.41, 5.74) is 4.08. The van der Waals surface area contributed by atoms with Crippen LogP contribution in [0.3, 0.4) is 0 Å². The van der Waals surface area contributed by atoms with E-state index in [4.69, 9.17) is 9.47 Å². The lowest BCUT2D eigenvalue weighted by Crippen LogP contribution is -2.52.